The van der Waals surface area contributed by atoms with Gasteiger partial charge in [-0.15, -0.1) is 0 Å². The van der Waals surface area contributed by atoms with E-state index in [-0.39, 0.29) is 12.3 Å². The average Bonchev–Trinajstić information content (AvgIpc) is 2.90. The van der Waals surface area contributed by atoms with Crippen LogP contribution in [0.2, 0.25) is 0 Å². The maximum absolute atomic E-state index is 11.8. The first-order chi connectivity index (χ1) is 10.6. The van der Waals surface area contributed by atoms with E-state index >= 15 is 0 Å². The van der Waals surface area contributed by atoms with Gasteiger partial charge in [0.05, 0.1) is 0 Å². The third-order valence-corrected chi connectivity index (χ3v) is 3.74. The minimum atomic E-state index is -1.01. The predicted octanol–water partition coefficient (Wildman–Crippen LogP) is 2.86. The van der Waals surface area contributed by atoms with Gasteiger partial charge in [0.25, 0.3) is 0 Å². The van der Waals surface area contributed by atoms with E-state index in [1.165, 1.54) is 0 Å². The lowest BCUT2D eigenvalue weighted by Crippen LogP contribution is -2.42. The second kappa shape index (κ2) is 7.64. The molecule has 1 aromatic heterocycles. The number of benzene rings is 1. The van der Waals surface area contributed by atoms with Crippen molar-refractivity contribution in [3.63, 3.8) is 0 Å². The van der Waals surface area contributed by atoms with Crippen molar-refractivity contribution in [3.05, 3.63) is 36.0 Å². The quantitative estimate of drug-likeness (QED) is 0.656. The molecule has 2 aromatic rings. The molecule has 0 fully saturated rings. The molecular weight excluding hydrogens is 280 g/mol. The summed E-state index contributed by atoms with van der Waals surface area (Å²) < 4.78 is 0. The Labute approximate surface area is 129 Å². The predicted molar refractivity (Wildman–Crippen MR) is 85.7 cm³/mol. The first-order valence-corrected chi connectivity index (χ1v) is 7.69. The van der Waals surface area contributed by atoms with Gasteiger partial charge in [-0.3, -0.25) is 4.79 Å². The van der Waals surface area contributed by atoms with Crippen molar-refractivity contribution in [2.45, 2.75) is 45.1 Å². The van der Waals surface area contributed by atoms with Crippen molar-refractivity contribution < 1.29 is 14.7 Å². The zero-order chi connectivity index (χ0) is 15.9. The van der Waals surface area contributed by atoms with Crippen LogP contribution in [0.4, 0.5) is 0 Å². The van der Waals surface area contributed by atoms with Gasteiger partial charge in [-0.2, -0.15) is 0 Å². The highest BCUT2D eigenvalue weighted by Crippen LogP contribution is 2.19. The minimum Gasteiger partial charge on any atom is -0.480 e. The van der Waals surface area contributed by atoms with E-state index in [1.807, 2.05) is 30.5 Å². The topological polar surface area (TPSA) is 82.2 Å². The van der Waals surface area contributed by atoms with E-state index in [9.17, 15) is 14.7 Å². The molecule has 5 heteroatoms. The fourth-order valence-corrected chi connectivity index (χ4v) is 2.52. The van der Waals surface area contributed by atoms with Gasteiger partial charge >= 0.3 is 5.97 Å². The van der Waals surface area contributed by atoms with Gasteiger partial charge < -0.3 is 15.4 Å². The minimum absolute atomic E-state index is 0.194. The van der Waals surface area contributed by atoms with Crippen LogP contribution >= 0.6 is 0 Å². The lowest BCUT2D eigenvalue weighted by Gasteiger charge is -2.14. The van der Waals surface area contributed by atoms with Gasteiger partial charge in [-0.05, 0) is 18.1 Å². The van der Waals surface area contributed by atoms with Crippen molar-refractivity contribution in [1.82, 2.24) is 10.3 Å². The molecule has 0 aliphatic heterocycles. The molecule has 1 unspecified atom stereocenters. The van der Waals surface area contributed by atoms with Gasteiger partial charge in [0.1, 0.15) is 6.04 Å². The van der Waals surface area contributed by atoms with Crippen molar-refractivity contribution in [2.75, 3.05) is 0 Å². The number of carboxylic acids is 1. The first kappa shape index (κ1) is 16.1. The number of carbonyl (C=O) groups is 2. The van der Waals surface area contributed by atoms with Crippen LogP contribution in [0, 0.1) is 0 Å². The molecule has 0 bridgehead atoms. The Morgan fingerprint density at radius 2 is 2.05 bits per heavy atom. The van der Waals surface area contributed by atoms with Gasteiger partial charge in [0.2, 0.25) is 5.91 Å². The van der Waals surface area contributed by atoms with Crippen LogP contribution in [0.15, 0.2) is 30.5 Å². The molecule has 0 spiro atoms. The SMILES string of the molecule is CCCCCC(=O)NC(Cc1c[nH]c2ccccc12)C(=O)O. The molecule has 0 saturated heterocycles. The number of H-pyrrole nitrogens is 1. The van der Waals surface area contributed by atoms with Crippen LogP contribution in [0.5, 0.6) is 0 Å². The van der Waals surface area contributed by atoms with E-state index in [0.717, 1.165) is 35.7 Å². The maximum Gasteiger partial charge on any atom is 0.326 e. The van der Waals surface area contributed by atoms with E-state index in [2.05, 4.69) is 17.2 Å². The molecule has 0 radical (unpaired) electrons. The number of unbranched alkanes of at least 4 members (excludes halogenated alkanes) is 2. The first-order valence-electron chi connectivity index (χ1n) is 7.69. The number of aromatic nitrogens is 1. The number of carboxylic acid groups (broad SMARTS) is 1. The largest absolute Gasteiger partial charge is 0.480 e. The number of fused-ring (bicyclic) bond motifs is 1. The smallest absolute Gasteiger partial charge is 0.326 e. The van der Waals surface area contributed by atoms with Crippen molar-refractivity contribution in [2.24, 2.45) is 0 Å². The van der Waals surface area contributed by atoms with Gasteiger partial charge in [-0.1, -0.05) is 38.0 Å². The lowest BCUT2D eigenvalue weighted by molar-refractivity contribution is -0.141. The second-order valence-electron chi connectivity index (χ2n) is 5.48. The maximum atomic E-state index is 11.8. The lowest BCUT2D eigenvalue weighted by atomic mass is 10.0. The van der Waals surface area contributed by atoms with E-state index in [0.29, 0.717) is 6.42 Å². The summed E-state index contributed by atoms with van der Waals surface area (Å²) in [7, 11) is 0. The second-order valence-corrected chi connectivity index (χ2v) is 5.48. The number of rotatable bonds is 8. The molecule has 1 aromatic carbocycles. The van der Waals surface area contributed by atoms with Crippen LogP contribution in [-0.4, -0.2) is 28.0 Å². The number of aliphatic carboxylic acids is 1. The molecule has 2 rings (SSSR count). The van der Waals surface area contributed by atoms with Crippen LogP contribution in [0.1, 0.15) is 38.2 Å². The van der Waals surface area contributed by atoms with E-state index < -0.39 is 12.0 Å². The van der Waals surface area contributed by atoms with Crippen molar-refractivity contribution in [3.8, 4) is 0 Å². The van der Waals surface area contributed by atoms with Gasteiger partial charge in [-0.25, -0.2) is 4.79 Å². The van der Waals surface area contributed by atoms with E-state index in [4.69, 9.17) is 0 Å². The normalized spacial score (nSPS) is 12.2. The Kier molecular flexibility index (Phi) is 5.58. The summed E-state index contributed by atoms with van der Waals surface area (Å²) in [6.45, 7) is 2.06. The van der Waals surface area contributed by atoms with Gasteiger partial charge in [0, 0.05) is 29.9 Å². The number of carbonyl (C=O) groups excluding carboxylic acids is 1. The van der Waals surface area contributed by atoms with Crippen molar-refractivity contribution >= 4 is 22.8 Å². The molecule has 22 heavy (non-hydrogen) atoms. The molecular formula is C17H22N2O3. The molecule has 1 amide bonds. The third kappa shape index (κ3) is 4.10. The molecule has 0 aliphatic carbocycles. The van der Waals surface area contributed by atoms with Crippen LogP contribution in [0.25, 0.3) is 10.9 Å². The number of hydrogen-bond donors (Lipinski definition) is 3. The molecule has 3 N–H and O–H groups in total. The molecule has 1 atom stereocenters. The average molecular weight is 302 g/mol. The summed E-state index contributed by atoms with van der Waals surface area (Å²) in [5.41, 5.74) is 1.87. The summed E-state index contributed by atoms with van der Waals surface area (Å²) in [4.78, 5) is 26.4. The van der Waals surface area contributed by atoms with Crippen LogP contribution < -0.4 is 5.32 Å². The zero-order valence-corrected chi connectivity index (χ0v) is 12.8. The standard InChI is InChI=1S/C17H22N2O3/c1-2-3-4-9-16(20)19-15(17(21)22)10-12-11-18-14-8-6-5-7-13(12)14/h5-8,11,15,18H,2-4,9-10H2,1H3,(H,19,20)(H,21,22). The summed E-state index contributed by atoms with van der Waals surface area (Å²) in [6, 6.07) is 6.83. The molecule has 0 aliphatic rings. The monoisotopic (exact) mass is 302 g/mol. The highest BCUT2D eigenvalue weighted by Gasteiger charge is 2.21. The third-order valence-electron chi connectivity index (χ3n) is 3.74. The number of nitrogens with one attached hydrogen (secondary N) is 2. The van der Waals surface area contributed by atoms with Crippen LogP contribution in [-0.2, 0) is 16.0 Å². The summed E-state index contributed by atoms with van der Waals surface area (Å²) >= 11 is 0. The molecule has 0 saturated carbocycles. The summed E-state index contributed by atoms with van der Waals surface area (Å²) in [5, 5.41) is 13.0. The van der Waals surface area contributed by atoms with Gasteiger partial charge in [0.15, 0.2) is 0 Å². The Bertz CT molecular complexity index is 648. The fraction of sp³-hybridized carbons (Fsp3) is 0.412. The summed E-state index contributed by atoms with van der Waals surface area (Å²) in [5.74, 6) is -1.20. The van der Waals surface area contributed by atoms with Crippen LogP contribution in [0.3, 0.4) is 0 Å². The Morgan fingerprint density at radius 1 is 1.27 bits per heavy atom. The number of aromatic amines is 1. The number of amides is 1. The Morgan fingerprint density at radius 3 is 2.77 bits per heavy atom. The fourth-order valence-electron chi connectivity index (χ4n) is 2.52. The zero-order valence-electron chi connectivity index (χ0n) is 12.8. The Hall–Kier alpha value is -2.30. The molecule has 5 nitrogen and oxygen atoms in total. The van der Waals surface area contributed by atoms with Crippen molar-refractivity contribution in [1.29, 1.82) is 0 Å². The van der Waals surface area contributed by atoms with E-state index in [1.54, 1.807) is 0 Å². The summed E-state index contributed by atoms with van der Waals surface area (Å²) in [6.07, 6.45) is 5.27. The molecule has 118 valence electrons. The number of para-hydroxylation sites is 1. The molecule has 1 heterocycles. The highest BCUT2D eigenvalue weighted by molar-refractivity contribution is 5.86. The number of hydrogen-bond acceptors (Lipinski definition) is 2. The highest BCUT2D eigenvalue weighted by atomic mass is 16.4. The Balaban J connectivity index is 2.03.